The van der Waals surface area contributed by atoms with E-state index in [9.17, 15) is 18.0 Å². The van der Waals surface area contributed by atoms with Gasteiger partial charge in [-0.15, -0.1) is 0 Å². The van der Waals surface area contributed by atoms with E-state index in [1.807, 2.05) is 26.0 Å². The second-order valence-corrected chi connectivity index (χ2v) is 9.01. The van der Waals surface area contributed by atoms with Crippen LogP contribution < -0.4 is 15.4 Å². The van der Waals surface area contributed by atoms with E-state index >= 15 is 0 Å². The van der Waals surface area contributed by atoms with Gasteiger partial charge >= 0.3 is 0 Å². The third-order valence-electron chi connectivity index (χ3n) is 4.61. The molecule has 8 heteroatoms. The van der Waals surface area contributed by atoms with E-state index in [2.05, 4.69) is 15.4 Å². The number of aryl methyl sites for hydroxylation is 1. The molecule has 166 valence electrons. The molecule has 3 rings (SSSR count). The van der Waals surface area contributed by atoms with Crippen LogP contribution in [0, 0.1) is 6.92 Å². The zero-order valence-electron chi connectivity index (χ0n) is 17.9. The summed E-state index contributed by atoms with van der Waals surface area (Å²) in [6.45, 7) is 3.84. The molecule has 0 saturated heterocycles. The van der Waals surface area contributed by atoms with Crippen molar-refractivity contribution < 1.29 is 18.0 Å². The lowest BCUT2D eigenvalue weighted by atomic mass is 10.1. The molecule has 0 aromatic heterocycles. The number of hydrogen-bond donors (Lipinski definition) is 3. The minimum Gasteiger partial charge on any atom is -0.326 e. The van der Waals surface area contributed by atoms with Crippen molar-refractivity contribution in [3.8, 4) is 0 Å². The number of nitrogens with one attached hydrogen (secondary N) is 3. The molecular formula is C24H25N3O4S. The molecule has 3 aromatic carbocycles. The highest BCUT2D eigenvalue weighted by atomic mass is 32.2. The van der Waals surface area contributed by atoms with E-state index in [0.717, 1.165) is 12.0 Å². The summed E-state index contributed by atoms with van der Waals surface area (Å²) >= 11 is 0. The molecule has 0 aliphatic heterocycles. The lowest BCUT2D eigenvalue weighted by molar-refractivity contribution is -0.116. The van der Waals surface area contributed by atoms with Crippen molar-refractivity contribution in [3.05, 3.63) is 83.9 Å². The van der Waals surface area contributed by atoms with E-state index in [4.69, 9.17) is 0 Å². The van der Waals surface area contributed by atoms with Gasteiger partial charge in [0.2, 0.25) is 5.91 Å². The molecule has 0 fully saturated rings. The molecule has 7 nitrogen and oxygen atoms in total. The van der Waals surface area contributed by atoms with Gasteiger partial charge < -0.3 is 10.6 Å². The lowest BCUT2D eigenvalue weighted by Gasteiger charge is -2.10. The van der Waals surface area contributed by atoms with Crippen LogP contribution in [0.25, 0.3) is 0 Å². The Balaban J connectivity index is 1.67. The summed E-state index contributed by atoms with van der Waals surface area (Å²) < 4.78 is 27.7. The smallest absolute Gasteiger partial charge is 0.261 e. The van der Waals surface area contributed by atoms with Gasteiger partial charge in [0, 0.05) is 29.0 Å². The van der Waals surface area contributed by atoms with E-state index in [0.29, 0.717) is 29.0 Å². The molecule has 2 amide bonds. The van der Waals surface area contributed by atoms with Gasteiger partial charge in [0.25, 0.3) is 15.9 Å². The van der Waals surface area contributed by atoms with Crippen molar-refractivity contribution in [1.29, 1.82) is 0 Å². The van der Waals surface area contributed by atoms with Crippen molar-refractivity contribution in [2.24, 2.45) is 0 Å². The van der Waals surface area contributed by atoms with Gasteiger partial charge in [0.15, 0.2) is 0 Å². The number of amides is 2. The summed E-state index contributed by atoms with van der Waals surface area (Å²) in [7, 11) is -3.75. The Hall–Kier alpha value is -3.65. The molecule has 3 N–H and O–H groups in total. The summed E-state index contributed by atoms with van der Waals surface area (Å²) in [5.41, 5.74) is 2.86. The molecule has 0 unspecified atom stereocenters. The largest absolute Gasteiger partial charge is 0.326 e. The first-order valence-electron chi connectivity index (χ1n) is 10.2. The zero-order valence-corrected chi connectivity index (χ0v) is 18.7. The predicted octanol–water partition coefficient (Wildman–Crippen LogP) is 4.79. The standard InChI is InChI=1S/C24H25N3O4S/c1-3-5-23(28)25-21-7-4-6-18(16-21)24(29)26-19-12-14-22(15-13-19)32(30,31)27-20-10-8-17(2)9-11-20/h4,6-16,27H,3,5H2,1-2H3,(H,25,28)(H,26,29). The highest BCUT2D eigenvalue weighted by molar-refractivity contribution is 7.92. The van der Waals surface area contributed by atoms with Gasteiger partial charge in [-0.2, -0.15) is 0 Å². The van der Waals surface area contributed by atoms with Crippen LogP contribution in [0.4, 0.5) is 17.1 Å². The Morgan fingerprint density at radius 2 is 1.47 bits per heavy atom. The normalized spacial score (nSPS) is 10.9. The monoisotopic (exact) mass is 451 g/mol. The second kappa shape index (κ2) is 10.1. The maximum Gasteiger partial charge on any atom is 0.261 e. The average molecular weight is 452 g/mol. The van der Waals surface area contributed by atoms with Crippen LogP contribution >= 0.6 is 0 Å². The quantitative estimate of drug-likeness (QED) is 0.458. The van der Waals surface area contributed by atoms with Crippen LogP contribution in [0.5, 0.6) is 0 Å². The number of sulfonamides is 1. The van der Waals surface area contributed by atoms with Crippen molar-refractivity contribution >= 4 is 38.9 Å². The van der Waals surface area contributed by atoms with Crippen molar-refractivity contribution in [2.75, 3.05) is 15.4 Å². The zero-order chi connectivity index (χ0) is 23.1. The topological polar surface area (TPSA) is 104 Å². The highest BCUT2D eigenvalue weighted by Gasteiger charge is 2.15. The van der Waals surface area contributed by atoms with E-state index < -0.39 is 10.0 Å². The molecule has 0 atom stereocenters. The first-order valence-corrected chi connectivity index (χ1v) is 11.7. The van der Waals surface area contributed by atoms with Crippen molar-refractivity contribution in [1.82, 2.24) is 0 Å². The highest BCUT2D eigenvalue weighted by Crippen LogP contribution is 2.20. The van der Waals surface area contributed by atoms with Crippen LogP contribution in [0.2, 0.25) is 0 Å². The maximum atomic E-state index is 12.6. The van der Waals surface area contributed by atoms with Gasteiger partial charge in [-0.3, -0.25) is 14.3 Å². The molecule has 3 aromatic rings. The summed E-state index contributed by atoms with van der Waals surface area (Å²) in [4.78, 5) is 24.4. The minimum absolute atomic E-state index is 0.0803. The predicted molar refractivity (Wildman–Crippen MR) is 126 cm³/mol. The molecule has 0 bridgehead atoms. The van der Waals surface area contributed by atoms with Crippen molar-refractivity contribution in [3.63, 3.8) is 0 Å². The van der Waals surface area contributed by atoms with E-state index in [1.54, 1.807) is 36.4 Å². The van der Waals surface area contributed by atoms with Crippen LogP contribution in [0.15, 0.2) is 77.7 Å². The Bertz CT molecular complexity index is 1200. The van der Waals surface area contributed by atoms with E-state index in [-0.39, 0.29) is 16.7 Å². The van der Waals surface area contributed by atoms with Crippen LogP contribution in [-0.4, -0.2) is 20.2 Å². The Kier molecular flexibility index (Phi) is 7.27. The van der Waals surface area contributed by atoms with Crippen LogP contribution in [0.1, 0.15) is 35.7 Å². The van der Waals surface area contributed by atoms with Gasteiger partial charge in [-0.1, -0.05) is 30.7 Å². The summed E-state index contributed by atoms with van der Waals surface area (Å²) in [6, 6.07) is 19.5. The average Bonchev–Trinajstić information content (AvgIpc) is 2.76. The lowest BCUT2D eigenvalue weighted by Crippen LogP contribution is -2.15. The fourth-order valence-electron chi connectivity index (χ4n) is 2.95. The molecule has 0 heterocycles. The number of rotatable bonds is 8. The number of anilines is 3. The van der Waals surface area contributed by atoms with Crippen molar-refractivity contribution in [2.45, 2.75) is 31.6 Å². The first kappa shape index (κ1) is 23.0. The molecule has 0 saturated carbocycles. The van der Waals surface area contributed by atoms with Crippen LogP contribution in [0.3, 0.4) is 0 Å². The summed E-state index contributed by atoms with van der Waals surface area (Å²) in [5, 5.41) is 5.49. The molecule has 32 heavy (non-hydrogen) atoms. The molecular weight excluding hydrogens is 426 g/mol. The number of benzene rings is 3. The van der Waals surface area contributed by atoms with Gasteiger partial charge in [-0.05, 0) is 67.9 Å². The maximum absolute atomic E-state index is 12.6. The number of carbonyl (C=O) groups excluding carboxylic acids is 2. The minimum atomic E-state index is -3.75. The van der Waals surface area contributed by atoms with Gasteiger partial charge in [0.1, 0.15) is 0 Å². The number of hydrogen-bond acceptors (Lipinski definition) is 4. The molecule has 0 radical (unpaired) electrons. The number of carbonyl (C=O) groups is 2. The third kappa shape index (κ3) is 6.18. The SMILES string of the molecule is CCCC(=O)Nc1cccc(C(=O)Nc2ccc(S(=O)(=O)Nc3ccc(C)cc3)cc2)c1. The summed E-state index contributed by atoms with van der Waals surface area (Å²) in [5.74, 6) is -0.480. The Morgan fingerprint density at radius 3 is 2.12 bits per heavy atom. The van der Waals surface area contributed by atoms with Gasteiger partial charge in [-0.25, -0.2) is 8.42 Å². The van der Waals surface area contributed by atoms with E-state index in [1.165, 1.54) is 24.3 Å². The fourth-order valence-corrected chi connectivity index (χ4v) is 4.00. The Morgan fingerprint density at radius 1 is 0.812 bits per heavy atom. The third-order valence-corrected chi connectivity index (χ3v) is 6.01. The van der Waals surface area contributed by atoms with Gasteiger partial charge in [0.05, 0.1) is 4.90 Å². The Labute approximate surface area is 187 Å². The summed E-state index contributed by atoms with van der Waals surface area (Å²) in [6.07, 6.45) is 1.14. The van der Waals surface area contributed by atoms with Crippen LogP contribution in [-0.2, 0) is 14.8 Å². The molecule has 0 spiro atoms. The molecule has 0 aliphatic rings. The first-order chi connectivity index (χ1) is 15.3. The fraction of sp³-hybridized carbons (Fsp3) is 0.167. The molecule has 0 aliphatic carbocycles. The second-order valence-electron chi connectivity index (χ2n) is 7.33.